The number of rotatable bonds is 4. The van der Waals surface area contributed by atoms with Crippen molar-refractivity contribution in [3.8, 4) is 11.4 Å². The summed E-state index contributed by atoms with van der Waals surface area (Å²) in [6.07, 6.45) is 0. The van der Waals surface area contributed by atoms with Gasteiger partial charge in [-0.3, -0.25) is 0 Å². The zero-order valence-corrected chi connectivity index (χ0v) is 12.7. The fraction of sp³-hybridized carbons (Fsp3) is 0.429. The third kappa shape index (κ3) is 2.56. The molecule has 19 heavy (non-hydrogen) atoms. The molecule has 4 nitrogen and oxygen atoms in total. The van der Waals surface area contributed by atoms with Crippen LogP contribution < -0.4 is 9.47 Å². The van der Waals surface area contributed by atoms with Gasteiger partial charge in [-0.05, 0) is 38.1 Å². The lowest BCUT2D eigenvalue weighted by molar-refractivity contribution is -0.698. The number of hydrogen-bond acceptors (Lipinski definition) is 3. The molecule has 0 atom stereocenters. The summed E-state index contributed by atoms with van der Waals surface area (Å²) in [7, 11) is 3.87. The van der Waals surface area contributed by atoms with Gasteiger partial charge in [-0.1, -0.05) is 0 Å². The van der Waals surface area contributed by atoms with Crippen molar-refractivity contribution in [2.45, 2.75) is 19.0 Å². The minimum atomic E-state index is 0.602. The van der Waals surface area contributed by atoms with E-state index >= 15 is 0 Å². The highest BCUT2D eigenvalue weighted by Crippen LogP contribution is 2.20. The Kier molecular flexibility index (Phi) is 4.04. The van der Waals surface area contributed by atoms with E-state index in [0.29, 0.717) is 5.16 Å². The van der Waals surface area contributed by atoms with Gasteiger partial charge in [0.1, 0.15) is 0 Å². The van der Waals surface area contributed by atoms with Crippen molar-refractivity contribution < 1.29 is 4.57 Å². The van der Waals surface area contributed by atoms with Crippen LogP contribution in [0.25, 0.3) is 11.4 Å². The average Bonchev–Trinajstić information content (AvgIpc) is 2.66. The van der Waals surface area contributed by atoms with E-state index in [9.17, 15) is 0 Å². The van der Waals surface area contributed by atoms with Crippen LogP contribution in [0.4, 0.5) is 5.69 Å². The van der Waals surface area contributed by atoms with Crippen molar-refractivity contribution in [3.63, 3.8) is 0 Å². The maximum absolute atomic E-state index is 5.19. The van der Waals surface area contributed by atoms with E-state index in [1.165, 1.54) is 5.69 Å². The van der Waals surface area contributed by atoms with Crippen molar-refractivity contribution in [1.29, 1.82) is 0 Å². The zero-order valence-electron chi connectivity index (χ0n) is 11.9. The summed E-state index contributed by atoms with van der Waals surface area (Å²) in [5, 5.41) is 4.86. The number of anilines is 1. The molecular formula is C14H20N4S. The Morgan fingerprint density at radius 2 is 1.79 bits per heavy atom. The SMILES string of the molecule is CCN(CC)c1ccc(-c2n(C)nc([S-])[n+]2C)cc1. The lowest BCUT2D eigenvalue weighted by Gasteiger charge is -2.20. The van der Waals surface area contributed by atoms with Gasteiger partial charge >= 0.3 is 0 Å². The first-order valence-corrected chi connectivity index (χ1v) is 6.94. The molecule has 0 amide bonds. The predicted octanol–water partition coefficient (Wildman–Crippen LogP) is 1.66. The van der Waals surface area contributed by atoms with Crippen LogP contribution in [0.1, 0.15) is 13.8 Å². The monoisotopic (exact) mass is 276 g/mol. The minimum Gasteiger partial charge on any atom is -0.703 e. The van der Waals surface area contributed by atoms with Crippen molar-refractivity contribution >= 4 is 18.3 Å². The second-order valence-corrected chi connectivity index (χ2v) is 4.87. The molecule has 1 aromatic heterocycles. The van der Waals surface area contributed by atoms with E-state index in [2.05, 4.69) is 48.1 Å². The highest BCUT2D eigenvalue weighted by atomic mass is 32.1. The molecule has 1 aromatic carbocycles. The largest absolute Gasteiger partial charge is 0.703 e. The molecule has 0 aliphatic heterocycles. The normalized spacial score (nSPS) is 10.7. The van der Waals surface area contributed by atoms with Crippen LogP contribution in [0, 0.1) is 0 Å². The third-order valence-corrected chi connectivity index (χ3v) is 3.76. The first kappa shape index (κ1) is 13.8. The minimum absolute atomic E-state index is 0.602. The molecule has 0 N–H and O–H groups in total. The van der Waals surface area contributed by atoms with Gasteiger partial charge in [0, 0.05) is 23.9 Å². The first-order chi connectivity index (χ1) is 9.08. The smallest absolute Gasteiger partial charge is 0.265 e. The van der Waals surface area contributed by atoms with Crippen molar-refractivity contribution in [3.05, 3.63) is 24.3 Å². The number of aromatic nitrogens is 3. The van der Waals surface area contributed by atoms with E-state index in [4.69, 9.17) is 12.6 Å². The van der Waals surface area contributed by atoms with E-state index in [1.807, 2.05) is 23.3 Å². The maximum atomic E-state index is 5.19. The van der Waals surface area contributed by atoms with Crippen LogP contribution >= 0.6 is 0 Å². The average molecular weight is 276 g/mol. The van der Waals surface area contributed by atoms with Gasteiger partial charge < -0.3 is 17.5 Å². The Hall–Kier alpha value is -1.62. The van der Waals surface area contributed by atoms with Crippen LogP contribution in [-0.2, 0) is 26.7 Å². The fourth-order valence-electron chi connectivity index (χ4n) is 2.34. The lowest BCUT2D eigenvalue weighted by Crippen LogP contribution is -2.32. The standard InChI is InChI=1S/C14H20N4S/c1-5-18(6-2)12-9-7-11(8-10-12)13-16(3)14(19)15-17(13)4/h7-10H,5-6H2,1-4H3. The summed E-state index contributed by atoms with van der Waals surface area (Å²) >= 11 is 5.19. The summed E-state index contributed by atoms with van der Waals surface area (Å²) in [6.45, 7) is 6.38. The molecule has 0 fully saturated rings. The summed E-state index contributed by atoms with van der Waals surface area (Å²) in [6, 6.07) is 8.55. The van der Waals surface area contributed by atoms with Gasteiger partial charge in [-0.25, -0.2) is 4.57 Å². The van der Waals surface area contributed by atoms with E-state index in [-0.39, 0.29) is 0 Å². The highest BCUT2D eigenvalue weighted by molar-refractivity contribution is 7.58. The van der Waals surface area contributed by atoms with Gasteiger partial charge in [0.15, 0.2) is 5.16 Å². The molecule has 0 saturated carbocycles. The van der Waals surface area contributed by atoms with Gasteiger partial charge in [0.2, 0.25) is 0 Å². The van der Waals surface area contributed by atoms with E-state index in [0.717, 1.165) is 24.5 Å². The summed E-state index contributed by atoms with van der Waals surface area (Å²) in [5.41, 5.74) is 2.38. The Balaban J connectivity index is 2.37. The molecule has 5 heteroatoms. The Labute approximate surface area is 120 Å². The fourth-order valence-corrected chi connectivity index (χ4v) is 2.55. The van der Waals surface area contributed by atoms with Crippen LogP contribution in [0.5, 0.6) is 0 Å². The number of nitrogens with zero attached hydrogens (tertiary/aromatic N) is 4. The summed E-state index contributed by atoms with van der Waals surface area (Å²) in [5.74, 6) is 1.02. The number of aryl methyl sites for hydroxylation is 1. The maximum Gasteiger partial charge on any atom is 0.265 e. The molecule has 0 aliphatic carbocycles. The third-order valence-electron chi connectivity index (χ3n) is 3.40. The highest BCUT2D eigenvalue weighted by Gasteiger charge is 2.16. The molecule has 2 rings (SSSR count). The number of benzene rings is 1. The molecule has 2 aromatic rings. The summed E-state index contributed by atoms with van der Waals surface area (Å²) in [4.78, 5) is 2.32. The molecule has 0 bridgehead atoms. The van der Waals surface area contributed by atoms with E-state index in [1.54, 1.807) is 0 Å². The molecule has 0 aliphatic rings. The molecule has 0 saturated heterocycles. The van der Waals surface area contributed by atoms with Crippen molar-refractivity contribution in [2.75, 3.05) is 18.0 Å². The van der Waals surface area contributed by atoms with E-state index < -0.39 is 0 Å². The van der Waals surface area contributed by atoms with Gasteiger partial charge in [0.25, 0.3) is 5.82 Å². The van der Waals surface area contributed by atoms with Crippen LogP contribution in [0.2, 0.25) is 0 Å². The van der Waals surface area contributed by atoms with Crippen LogP contribution in [0.3, 0.4) is 0 Å². The second kappa shape index (κ2) is 5.57. The molecule has 0 unspecified atom stereocenters. The molecule has 1 heterocycles. The van der Waals surface area contributed by atoms with Crippen molar-refractivity contribution in [2.24, 2.45) is 14.1 Å². The lowest BCUT2D eigenvalue weighted by atomic mass is 10.2. The topological polar surface area (TPSA) is 24.9 Å². The predicted molar refractivity (Wildman–Crippen MR) is 79.0 cm³/mol. The number of hydrogen-bond donors (Lipinski definition) is 0. The molecule has 0 spiro atoms. The molecular weight excluding hydrogens is 256 g/mol. The Bertz CT molecular complexity index is 556. The zero-order chi connectivity index (χ0) is 14.0. The van der Waals surface area contributed by atoms with Gasteiger partial charge in [-0.15, -0.1) is 4.68 Å². The quantitative estimate of drug-likeness (QED) is 0.627. The second-order valence-electron chi connectivity index (χ2n) is 4.51. The molecule has 0 radical (unpaired) electrons. The Morgan fingerprint density at radius 1 is 1.21 bits per heavy atom. The molecule has 102 valence electrons. The first-order valence-electron chi connectivity index (χ1n) is 6.53. The Morgan fingerprint density at radius 3 is 2.21 bits per heavy atom. The van der Waals surface area contributed by atoms with Crippen LogP contribution in [0.15, 0.2) is 29.4 Å². The van der Waals surface area contributed by atoms with Crippen LogP contribution in [-0.4, -0.2) is 22.9 Å². The van der Waals surface area contributed by atoms with Gasteiger partial charge in [-0.2, -0.15) is 0 Å². The van der Waals surface area contributed by atoms with Gasteiger partial charge in [0.05, 0.1) is 19.7 Å². The summed E-state index contributed by atoms with van der Waals surface area (Å²) < 4.78 is 3.76. The van der Waals surface area contributed by atoms with Crippen molar-refractivity contribution in [1.82, 2.24) is 9.78 Å².